The maximum atomic E-state index is 12.8. The van der Waals surface area contributed by atoms with Crippen molar-refractivity contribution in [3.8, 4) is 28.7 Å². The van der Waals surface area contributed by atoms with Gasteiger partial charge in [-0.05, 0) is 73.1 Å². The molecule has 1 aliphatic heterocycles. The number of piperazine rings is 1. The lowest BCUT2D eigenvalue weighted by Gasteiger charge is -2.36. The summed E-state index contributed by atoms with van der Waals surface area (Å²) in [6.45, 7) is 3.40. The molecule has 0 radical (unpaired) electrons. The van der Waals surface area contributed by atoms with Crippen LogP contribution < -0.4 is 15.4 Å². The predicted octanol–water partition coefficient (Wildman–Crippen LogP) is 3.83. The first-order valence-corrected chi connectivity index (χ1v) is 14.9. The molecule has 0 unspecified atom stereocenters. The summed E-state index contributed by atoms with van der Waals surface area (Å²) >= 11 is 0. The van der Waals surface area contributed by atoms with Crippen molar-refractivity contribution in [3.63, 3.8) is 0 Å². The normalized spacial score (nSPS) is 13.0. The molecule has 0 saturated carbocycles. The van der Waals surface area contributed by atoms with Crippen molar-refractivity contribution in [2.24, 2.45) is 5.73 Å². The van der Waals surface area contributed by atoms with Gasteiger partial charge in [-0.3, -0.25) is 4.79 Å². The molecule has 3 heterocycles. The zero-order valence-electron chi connectivity index (χ0n) is 25.4. The van der Waals surface area contributed by atoms with Crippen LogP contribution in [0.1, 0.15) is 5.56 Å². The van der Waals surface area contributed by atoms with Crippen molar-refractivity contribution in [3.05, 3.63) is 96.7 Å². The Kier molecular flexibility index (Phi) is 10.6. The quantitative estimate of drug-likeness (QED) is 0.163. The zero-order valence-corrected chi connectivity index (χ0v) is 25.4. The number of aromatic amines is 1. The summed E-state index contributed by atoms with van der Waals surface area (Å²) in [5.74, 6) is -0.848. The van der Waals surface area contributed by atoms with Crippen LogP contribution in [0.25, 0.3) is 33.8 Å². The largest absolute Gasteiger partial charge is 0.484 e. The fraction of sp³-hybridized carbons (Fsp3) is 0.206. The van der Waals surface area contributed by atoms with E-state index in [1.165, 1.54) is 0 Å². The summed E-state index contributed by atoms with van der Waals surface area (Å²) in [5.41, 5.74) is 10.8. The molecule has 0 atom stereocenters. The molecule has 2 aromatic heterocycles. The van der Waals surface area contributed by atoms with Gasteiger partial charge in [-0.25, -0.2) is 9.59 Å². The third kappa shape index (κ3) is 8.61. The number of carbonyl (C=O) groups is 3. The number of hydrogen-bond donors (Lipinski definition) is 4. The Bertz CT molecular complexity index is 1830. The predicted molar refractivity (Wildman–Crippen MR) is 175 cm³/mol. The number of H-pyrrole nitrogens is 1. The fourth-order valence-corrected chi connectivity index (χ4v) is 5.05. The monoisotopic (exact) mass is 638 g/mol. The number of hydrogen-bond acceptors (Lipinski definition) is 9. The van der Waals surface area contributed by atoms with E-state index in [9.17, 15) is 14.4 Å². The molecular formula is C34H34N6O7. The van der Waals surface area contributed by atoms with Crippen molar-refractivity contribution < 1.29 is 33.8 Å². The molecule has 13 nitrogen and oxygen atoms in total. The fourth-order valence-electron chi connectivity index (χ4n) is 5.05. The Labute approximate surface area is 269 Å². The Morgan fingerprint density at radius 2 is 1.51 bits per heavy atom. The molecule has 3 aromatic carbocycles. The van der Waals surface area contributed by atoms with Crippen LogP contribution in [-0.4, -0.2) is 87.5 Å². The number of aromatic nitrogens is 3. The molecule has 5 N–H and O–H groups in total. The first kappa shape index (κ1) is 32.4. The number of carboxylic acids is 2. The first-order chi connectivity index (χ1) is 22.8. The van der Waals surface area contributed by atoms with Crippen molar-refractivity contribution in [1.82, 2.24) is 20.1 Å². The Hall–Kier alpha value is -5.95. The standard InChI is InChI=1S/C30H30N6O3.C4H4O4/c31-13-12-23-19-32-27-11-10-25(18-26(23)27)38-20-28(37)36-16-14-35(15-17-36)24-8-6-22(7-9-24)30-34-33-29(39-30)21-4-2-1-3-5-21;5-3(6)1-2-4(7)8/h1-11,18-19,32H,12-17,20,31H2;1-2H,(H,5,6)(H,7,8)/b;2-1+. The summed E-state index contributed by atoms with van der Waals surface area (Å²) in [5, 5.41) is 25.1. The summed E-state index contributed by atoms with van der Waals surface area (Å²) in [6.07, 6.45) is 3.89. The van der Waals surface area contributed by atoms with Gasteiger partial charge >= 0.3 is 11.9 Å². The number of carboxylic acid groups (broad SMARTS) is 2. The van der Waals surface area contributed by atoms with Gasteiger partial charge in [-0.2, -0.15) is 0 Å². The van der Waals surface area contributed by atoms with Crippen LogP contribution in [0, 0.1) is 0 Å². The van der Waals surface area contributed by atoms with E-state index in [0.717, 1.165) is 52.8 Å². The highest BCUT2D eigenvalue weighted by molar-refractivity contribution is 5.89. The molecule has 0 spiro atoms. The van der Waals surface area contributed by atoms with Gasteiger partial charge in [0.2, 0.25) is 11.8 Å². The van der Waals surface area contributed by atoms with Crippen LogP contribution in [-0.2, 0) is 20.8 Å². The van der Waals surface area contributed by atoms with Gasteiger partial charge in [-0.1, -0.05) is 18.2 Å². The first-order valence-electron chi connectivity index (χ1n) is 14.9. The molecule has 5 aromatic rings. The number of rotatable bonds is 10. The minimum absolute atomic E-state index is 0.00745. The molecular weight excluding hydrogens is 604 g/mol. The second kappa shape index (κ2) is 15.4. The highest BCUT2D eigenvalue weighted by atomic mass is 16.5. The Morgan fingerprint density at radius 1 is 0.872 bits per heavy atom. The zero-order chi connectivity index (χ0) is 33.2. The smallest absolute Gasteiger partial charge is 0.328 e. The molecule has 1 fully saturated rings. The van der Waals surface area contributed by atoms with Gasteiger partial charge < -0.3 is 39.9 Å². The second-order valence-corrected chi connectivity index (χ2v) is 10.6. The SMILES string of the molecule is NCCc1c[nH]c2ccc(OCC(=O)N3CCN(c4ccc(-c5nnc(-c6ccccc6)o5)cc4)CC3)cc12.O=C(O)/C=C/C(=O)O. The lowest BCUT2D eigenvalue weighted by molar-refractivity contribution is -0.134. The lowest BCUT2D eigenvalue weighted by Crippen LogP contribution is -2.50. The van der Waals surface area contributed by atoms with Crippen molar-refractivity contribution in [1.29, 1.82) is 0 Å². The van der Waals surface area contributed by atoms with Crippen LogP contribution in [0.4, 0.5) is 5.69 Å². The number of aliphatic carboxylic acids is 2. The number of amides is 1. The molecule has 1 aliphatic rings. The van der Waals surface area contributed by atoms with E-state index in [2.05, 4.69) is 32.2 Å². The molecule has 242 valence electrons. The third-order valence-electron chi connectivity index (χ3n) is 7.44. The van der Waals surface area contributed by atoms with Gasteiger partial charge in [0.15, 0.2) is 6.61 Å². The van der Waals surface area contributed by atoms with Crippen molar-refractivity contribution in [2.75, 3.05) is 44.2 Å². The van der Waals surface area contributed by atoms with Gasteiger partial charge in [0.25, 0.3) is 5.91 Å². The van der Waals surface area contributed by atoms with E-state index in [1.54, 1.807) is 0 Å². The molecule has 0 aliphatic carbocycles. The minimum atomic E-state index is -1.26. The van der Waals surface area contributed by atoms with Crippen molar-refractivity contribution in [2.45, 2.75) is 6.42 Å². The van der Waals surface area contributed by atoms with Crippen LogP contribution in [0.3, 0.4) is 0 Å². The number of fused-ring (bicyclic) bond motifs is 1. The van der Waals surface area contributed by atoms with Crippen molar-refractivity contribution >= 4 is 34.4 Å². The van der Waals surface area contributed by atoms with E-state index >= 15 is 0 Å². The summed E-state index contributed by atoms with van der Waals surface area (Å²) in [7, 11) is 0. The average molecular weight is 639 g/mol. The molecule has 47 heavy (non-hydrogen) atoms. The molecule has 13 heteroatoms. The van der Waals surface area contributed by atoms with E-state index in [4.69, 9.17) is 25.1 Å². The summed E-state index contributed by atoms with van der Waals surface area (Å²) < 4.78 is 11.7. The van der Waals surface area contributed by atoms with Crippen LogP contribution in [0.5, 0.6) is 5.75 Å². The van der Waals surface area contributed by atoms with E-state index in [-0.39, 0.29) is 12.5 Å². The van der Waals surface area contributed by atoms with Crippen LogP contribution in [0.2, 0.25) is 0 Å². The number of anilines is 1. The highest BCUT2D eigenvalue weighted by Gasteiger charge is 2.22. The van der Waals surface area contributed by atoms with E-state index in [0.29, 0.717) is 49.3 Å². The Balaban J connectivity index is 0.000000483. The van der Waals surface area contributed by atoms with Crippen LogP contribution >= 0.6 is 0 Å². The van der Waals surface area contributed by atoms with Crippen LogP contribution in [0.15, 0.2) is 95.6 Å². The summed E-state index contributed by atoms with van der Waals surface area (Å²) in [4.78, 5) is 39.3. The van der Waals surface area contributed by atoms with Gasteiger partial charge in [0.1, 0.15) is 5.75 Å². The second-order valence-electron chi connectivity index (χ2n) is 10.6. The average Bonchev–Trinajstić information content (AvgIpc) is 3.75. The van der Waals surface area contributed by atoms with E-state index < -0.39 is 11.9 Å². The topological polar surface area (TPSA) is 188 Å². The van der Waals surface area contributed by atoms with Gasteiger partial charge in [-0.15, -0.1) is 10.2 Å². The number of carbonyl (C=O) groups excluding carboxylic acids is 1. The number of benzene rings is 3. The number of nitrogens with one attached hydrogen (secondary N) is 1. The number of nitrogens with zero attached hydrogens (tertiary/aromatic N) is 4. The summed E-state index contributed by atoms with van der Waals surface area (Å²) in [6, 6.07) is 23.6. The highest BCUT2D eigenvalue weighted by Crippen LogP contribution is 2.27. The molecule has 0 bridgehead atoms. The maximum absolute atomic E-state index is 12.8. The lowest BCUT2D eigenvalue weighted by atomic mass is 10.1. The van der Waals surface area contributed by atoms with E-state index in [1.807, 2.05) is 71.8 Å². The number of ether oxygens (including phenoxy) is 1. The Morgan fingerprint density at radius 3 is 2.13 bits per heavy atom. The third-order valence-corrected chi connectivity index (χ3v) is 7.44. The number of nitrogens with two attached hydrogens (primary N) is 1. The molecule has 1 amide bonds. The van der Waals surface area contributed by atoms with Gasteiger partial charge in [0.05, 0.1) is 0 Å². The minimum Gasteiger partial charge on any atom is -0.484 e. The molecule has 1 saturated heterocycles. The van der Waals surface area contributed by atoms with Gasteiger partial charge in [0, 0.05) is 72.2 Å². The maximum Gasteiger partial charge on any atom is 0.328 e. The molecule has 6 rings (SSSR count).